The van der Waals surface area contributed by atoms with Gasteiger partial charge in [-0.25, -0.2) is 0 Å². The van der Waals surface area contributed by atoms with E-state index in [0.29, 0.717) is 0 Å². The zero-order valence-corrected chi connectivity index (χ0v) is 51.6. The topological polar surface area (TPSA) is 32.8 Å². The quantitative estimate of drug-likeness (QED) is 0.137. The van der Waals surface area contributed by atoms with Gasteiger partial charge in [-0.3, -0.25) is 0 Å². The summed E-state index contributed by atoms with van der Waals surface area (Å²) in [7, 11) is 0. The first-order valence-electron chi connectivity index (χ1n) is 32.0. The van der Waals surface area contributed by atoms with Crippen LogP contribution in [0, 0.1) is 0 Å². The van der Waals surface area contributed by atoms with Gasteiger partial charge in [0.05, 0.1) is 28.4 Å². The molecule has 0 aliphatic heterocycles. The Kier molecular flexibility index (Phi) is 12.0. The average Bonchev–Trinajstić information content (AvgIpc) is 1.38. The minimum Gasteiger partial charge on any atom is -0.453 e. The molecule has 0 N–H and O–H groups in total. The first-order valence-corrected chi connectivity index (χ1v) is 32.0. The van der Waals surface area contributed by atoms with E-state index in [1.807, 2.05) is 0 Å². The molecule has 436 valence electrons. The van der Waals surface area contributed by atoms with E-state index in [4.69, 9.17) is 8.83 Å². The van der Waals surface area contributed by atoms with Gasteiger partial charge in [0.1, 0.15) is 11.2 Å². The summed E-state index contributed by atoms with van der Waals surface area (Å²) in [5.74, 6) is 0. The fourth-order valence-corrected chi connectivity index (χ4v) is 15.6. The van der Waals surface area contributed by atoms with E-state index in [2.05, 4.69) is 341 Å². The molecule has 14 aromatic carbocycles. The van der Waals surface area contributed by atoms with Crippen LogP contribution in [0.2, 0.25) is 0 Å². The highest BCUT2D eigenvalue weighted by molar-refractivity contribution is 6.18. The van der Waals surface area contributed by atoms with Crippen LogP contribution in [0.5, 0.6) is 0 Å². The van der Waals surface area contributed by atoms with E-state index in [-0.39, 0.29) is 10.8 Å². The van der Waals surface area contributed by atoms with E-state index in [0.717, 1.165) is 123 Å². The highest BCUT2D eigenvalue weighted by Crippen LogP contribution is 2.59. The van der Waals surface area contributed by atoms with Crippen molar-refractivity contribution in [3.63, 3.8) is 0 Å². The van der Waals surface area contributed by atoms with Crippen molar-refractivity contribution in [1.29, 1.82) is 0 Å². The van der Waals surface area contributed by atoms with Crippen LogP contribution in [0.25, 0.3) is 121 Å². The number of furan rings is 2. The SMILES string of the molecule is CC1(C)c2cc(N(c3ccccc3-c3ccccc3)c3cccc4c3oc3c(-c5ccccc5)cccc34)ccc2-c2cc3c(cc21)-c1ccc(N(c2ccccc2-c2ccccc2)c2cccc4c2oc2c(-c5ccccc5)cccc24)c2cccc(c12)C3(C)C. The fourth-order valence-electron chi connectivity index (χ4n) is 15.6. The summed E-state index contributed by atoms with van der Waals surface area (Å²) in [5.41, 5.74) is 28.2. The predicted molar refractivity (Wildman–Crippen MR) is 385 cm³/mol. The lowest BCUT2D eigenvalue weighted by Crippen LogP contribution is -2.25. The molecule has 0 saturated heterocycles. The standard InChI is InChI=1S/C88H62N2O2/c1-87(2)73-43-23-42-70-79(90(78-45-20-18-35-61(78)56-28-11-6-12-29-56)81-47-25-41-69-67-39-22-37-63(84(67)92-86(69)81)58-32-15-8-16-33-58)51-50-65(82(70)73)72-54-75-71(53-76(72)87)64-49-48-59(52-74(64)88(75,3)4)89(77-44-19-17-34-60(77)55-26-9-5-10-27-55)80-46-24-40-68-66-38-21-36-62(83(66)91-85(68)80)57-30-13-7-14-31-57/h5-54H,1-4H3. The number of nitrogens with zero attached hydrogens (tertiary/aromatic N) is 2. The van der Waals surface area contributed by atoms with Crippen molar-refractivity contribution in [2.24, 2.45) is 0 Å². The molecule has 0 bridgehead atoms. The number of benzene rings is 14. The van der Waals surface area contributed by atoms with Gasteiger partial charge in [-0.05, 0) is 127 Å². The second-order valence-corrected chi connectivity index (χ2v) is 25.8. The minimum absolute atomic E-state index is 0.370. The Morgan fingerprint density at radius 3 is 1.13 bits per heavy atom. The maximum absolute atomic E-state index is 7.29. The molecule has 0 saturated carbocycles. The van der Waals surface area contributed by atoms with Crippen LogP contribution in [0.4, 0.5) is 34.1 Å². The molecule has 0 atom stereocenters. The van der Waals surface area contributed by atoms with E-state index in [1.54, 1.807) is 0 Å². The molecular formula is C88H62N2O2. The largest absolute Gasteiger partial charge is 0.453 e. The molecular weight excluding hydrogens is 1120 g/mol. The second kappa shape index (κ2) is 20.5. The highest BCUT2D eigenvalue weighted by Gasteiger charge is 2.42. The fraction of sp³-hybridized carbons (Fsp3) is 0.0682. The Balaban J connectivity index is 0.812. The summed E-state index contributed by atoms with van der Waals surface area (Å²) in [6, 6.07) is 111. The van der Waals surface area contributed by atoms with Crippen LogP contribution < -0.4 is 9.80 Å². The third-order valence-corrected chi connectivity index (χ3v) is 20.1. The van der Waals surface area contributed by atoms with Gasteiger partial charge in [-0.2, -0.15) is 0 Å². The summed E-state index contributed by atoms with van der Waals surface area (Å²) < 4.78 is 14.5. The van der Waals surface area contributed by atoms with Crippen LogP contribution in [0.15, 0.2) is 312 Å². The molecule has 0 spiro atoms. The summed E-state index contributed by atoms with van der Waals surface area (Å²) in [5, 5.41) is 6.78. The molecule has 18 rings (SSSR count). The Morgan fingerprint density at radius 2 is 0.598 bits per heavy atom. The second-order valence-electron chi connectivity index (χ2n) is 25.8. The van der Waals surface area contributed by atoms with Crippen LogP contribution in [0.1, 0.15) is 49.9 Å². The van der Waals surface area contributed by atoms with Crippen LogP contribution in [-0.4, -0.2) is 0 Å². The Hall–Kier alpha value is -11.5. The van der Waals surface area contributed by atoms with Crippen molar-refractivity contribution in [2.45, 2.75) is 38.5 Å². The Bertz CT molecular complexity index is 5640. The smallest absolute Gasteiger partial charge is 0.159 e. The van der Waals surface area contributed by atoms with E-state index in [1.165, 1.54) is 55.3 Å². The van der Waals surface area contributed by atoms with Gasteiger partial charge in [0, 0.05) is 65.7 Å². The lowest BCUT2D eigenvalue weighted by atomic mass is 9.67. The number of para-hydroxylation sites is 6. The van der Waals surface area contributed by atoms with Gasteiger partial charge < -0.3 is 18.6 Å². The van der Waals surface area contributed by atoms with Crippen molar-refractivity contribution < 1.29 is 8.83 Å². The summed E-state index contributed by atoms with van der Waals surface area (Å²) in [6.07, 6.45) is 0. The summed E-state index contributed by atoms with van der Waals surface area (Å²) in [6.45, 7) is 9.70. The number of hydrogen-bond acceptors (Lipinski definition) is 4. The molecule has 2 heterocycles. The normalized spacial score (nSPS) is 13.4. The molecule has 0 unspecified atom stereocenters. The maximum Gasteiger partial charge on any atom is 0.159 e. The van der Waals surface area contributed by atoms with Gasteiger partial charge in [0.15, 0.2) is 11.2 Å². The van der Waals surface area contributed by atoms with Gasteiger partial charge >= 0.3 is 0 Å². The molecule has 0 amide bonds. The third kappa shape index (κ3) is 8.03. The number of anilines is 6. The lowest BCUT2D eigenvalue weighted by molar-refractivity contribution is 0.639. The van der Waals surface area contributed by atoms with E-state index < -0.39 is 0 Å². The number of hydrogen-bond donors (Lipinski definition) is 0. The van der Waals surface area contributed by atoms with Gasteiger partial charge in [-0.1, -0.05) is 276 Å². The molecule has 4 heteroatoms. The van der Waals surface area contributed by atoms with Crippen LogP contribution in [0.3, 0.4) is 0 Å². The first kappa shape index (κ1) is 53.6. The number of fused-ring (bicyclic) bond motifs is 11. The number of rotatable bonds is 10. The summed E-state index contributed by atoms with van der Waals surface area (Å²) in [4.78, 5) is 4.91. The van der Waals surface area contributed by atoms with Crippen molar-refractivity contribution in [2.75, 3.05) is 9.80 Å². The van der Waals surface area contributed by atoms with Gasteiger partial charge in [0.25, 0.3) is 0 Å². The minimum atomic E-state index is -0.375. The molecule has 0 fully saturated rings. The highest BCUT2D eigenvalue weighted by atomic mass is 16.3. The van der Waals surface area contributed by atoms with Gasteiger partial charge in [-0.15, -0.1) is 0 Å². The van der Waals surface area contributed by atoms with E-state index in [9.17, 15) is 0 Å². The molecule has 92 heavy (non-hydrogen) atoms. The zero-order valence-electron chi connectivity index (χ0n) is 51.6. The van der Waals surface area contributed by atoms with E-state index >= 15 is 0 Å². The average molecular weight is 1180 g/mol. The van der Waals surface area contributed by atoms with Crippen molar-refractivity contribution in [3.8, 4) is 66.8 Å². The molecule has 16 aromatic rings. The van der Waals surface area contributed by atoms with Crippen molar-refractivity contribution in [3.05, 3.63) is 326 Å². The first-order chi connectivity index (χ1) is 45.2. The van der Waals surface area contributed by atoms with Gasteiger partial charge in [0.2, 0.25) is 0 Å². The van der Waals surface area contributed by atoms with Crippen LogP contribution in [-0.2, 0) is 10.8 Å². The molecule has 2 aromatic heterocycles. The summed E-state index contributed by atoms with van der Waals surface area (Å²) >= 11 is 0. The lowest BCUT2D eigenvalue weighted by Gasteiger charge is -2.37. The molecule has 0 radical (unpaired) electrons. The maximum atomic E-state index is 7.29. The van der Waals surface area contributed by atoms with Crippen molar-refractivity contribution in [1.82, 2.24) is 0 Å². The Labute approximate surface area is 535 Å². The Morgan fingerprint density at radius 1 is 0.228 bits per heavy atom. The molecule has 4 nitrogen and oxygen atoms in total. The molecule has 2 aliphatic rings. The predicted octanol–water partition coefficient (Wildman–Crippen LogP) is 24.9. The van der Waals surface area contributed by atoms with Crippen LogP contribution >= 0.6 is 0 Å². The van der Waals surface area contributed by atoms with Crippen molar-refractivity contribution >= 4 is 88.8 Å². The molecule has 2 aliphatic carbocycles. The third-order valence-electron chi connectivity index (χ3n) is 20.1. The zero-order chi connectivity index (χ0) is 61.4. The monoisotopic (exact) mass is 1180 g/mol.